The fraction of sp³-hybridized carbons (Fsp3) is 0.353. The number of likely N-dealkylation sites (tertiary alicyclic amines) is 2. The van der Waals surface area contributed by atoms with Crippen LogP contribution in [-0.4, -0.2) is 52.9 Å². The zero-order valence-electron chi connectivity index (χ0n) is 24.1. The molecule has 8 heteroatoms. The van der Waals surface area contributed by atoms with Crippen molar-refractivity contribution in [2.75, 3.05) is 31.9 Å². The lowest BCUT2D eigenvalue weighted by atomic mass is 9.92. The molecule has 2 aliphatic rings. The number of nitrogen functional groups attached to an aromatic ring is 1. The van der Waals surface area contributed by atoms with Crippen LogP contribution in [0.5, 0.6) is 5.75 Å². The predicted molar refractivity (Wildman–Crippen MR) is 163 cm³/mol. The number of amides is 1. The number of nitrogens with zero attached hydrogens (tertiary/aromatic N) is 3. The van der Waals surface area contributed by atoms with Crippen molar-refractivity contribution >= 4 is 17.8 Å². The number of hydrogen-bond acceptors (Lipinski definition) is 5. The number of anilines is 1. The molecule has 2 fully saturated rings. The first-order chi connectivity index (χ1) is 20.2. The fourth-order valence-electron chi connectivity index (χ4n) is 6.07. The summed E-state index contributed by atoms with van der Waals surface area (Å²) >= 11 is 0. The molecule has 2 aliphatic heterocycles. The number of carbonyl (C=O) groups excluding carboxylic acids is 1. The van der Waals surface area contributed by atoms with Crippen LogP contribution in [0.1, 0.15) is 65.8 Å². The standard InChI is InChI=1S/C34H38F2N4O2/c1-4-24-9-8-10-29(31(24)34(35,36)5-2)23(3)42-30-21-27(22-38-32(30)37)25-11-13-26(14-12-25)33(41)40-19-15-28(16-20-40)39-17-6-7-18-39/h4-5,8-14,21-23,28H,1-2,6-7,15-20H2,3H3,(H2,37,38). The summed E-state index contributed by atoms with van der Waals surface area (Å²) in [6, 6.07) is 14.6. The molecule has 42 heavy (non-hydrogen) atoms. The molecule has 1 unspecified atom stereocenters. The molecule has 0 saturated carbocycles. The second kappa shape index (κ2) is 12.4. The van der Waals surface area contributed by atoms with Gasteiger partial charge in [-0.05, 0) is 81.1 Å². The number of carbonyl (C=O) groups is 1. The highest BCUT2D eigenvalue weighted by molar-refractivity contribution is 5.94. The van der Waals surface area contributed by atoms with E-state index in [0.717, 1.165) is 37.1 Å². The second-order valence-corrected chi connectivity index (χ2v) is 11.1. The van der Waals surface area contributed by atoms with Gasteiger partial charge in [-0.2, -0.15) is 8.78 Å². The Morgan fingerprint density at radius 2 is 1.76 bits per heavy atom. The molecule has 3 heterocycles. The molecule has 2 aromatic carbocycles. The van der Waals surface area contributed by atoms with Crippen LogP contribution in [0.3, 0.4) is 0 Å². The second-order valence-electron chi connectivity index (χ2n) is 11.1. The summed E-state index contributed by atoms with van der Waals surface area (Å²) in [6.45, 7) is 12.6. The summed E-state index contributed by atoms with van der Waals surface area (Å²) in [5.74, 6) is -2.81. The molecule has 1 aromatic heterocycles. The number of rotatable bonds is 9. The van der Waals surface area contributed by atoms with Crippen LogP contribution in [0.4, 0.5) is 14.6 Å². The smallest absolute Gasteiger partial charge is 0.292 e. The van der Waals surface area contributed by atoms with Crippen molar-refractivity contribution in [1.29, 1.82) is 0 Å². The monoisotopic (exact) mass is 572 g/mol. The van der Waals surface area contributed by atoms with E-state index >= 15 is 0 Å². The molecule has 220 valence electrons. The lowest BCUT2D eigenvalue weighted by Gasteiger charge is -2.36. The number of hydrogen-bond donors (Lipinski definition) is 1. The lowest BCUT2D eigenvalue weighted by Crippen LogP contribution is -2.45. The summed E-state index contributed by atoms with van der Waals surface area (Å²) in [6.07, 6.45) is 7.47. The zero-order valence-corrected chi connectivity index (χ0v) is 24.1. The summed E-state index contributed by atoms with van der Waals surface area (Å²) in [5, 5.41) is 0. The van der Waals surface area contributed by atoms with Gasteiger partial charge in [0, 0.05) is 47.6 Å². The molecular formula is C34H38F2N4O2. The Kier molecular flexibility index (Phi) is 8.73. The molecule has 2 N–H and O–H groups in total. The zero-order chi connectivity index (χ0) is 29.9. The minimum absolute atomic E-state index is 0.0450. The summed E-state index contributed by atoms with van der Waals surface area (Å²) in [5.41, 5.74) is 8.73. The van der Waals surface area contributed by atoms with Crippen molar-refractivity contribution in [3.05, 3.63) is 96.2 Å². The van der Waals surface area contributed by atoms with E-state index in [0.29, 0.717) is 28.8 Å². The van der Waals surface area contributed by atoms with Crippen LogP contribution in [0.2, 0.25) is 0 Å². The van der Waals surface area contributed by atoms with Crippen molar-refractivity contribution < 1.29 is 18.3 Å². The number of nitrogens with two attached hydrogens (primary N) is 1. The largest absolute Gasteiger partial charge is 0.482 e. The van der Waals surface area contributed by atoms with Crippen molar-refractivity contribution in [1.82, 2.24) is 14.8 Å². The van der Waals surface area contributed by atoms with E-state index in [1.54, 1.807) is 37.4 Å². The maximum atomic E-state index is 14.9. The number of allylic oxidation sites excluding steroid dienone is 1. The number of pyridine rings is 1. The molecule has 0 aliphatic carbocycles. The first-order valence-corrected chi connectivity index (χ1v) is 14.5. The predicted octanol–water partition coefficient (Wildman–Crippen LogP) is 7.09. The molecule has 3 aromatic rings. The van der Waals surface area contributed by atoms with Gasteiger partial charge >= 0.3 is 0 Å². The summed E-state index contributed by atoms with van der Waals surface area (Å²) < 4.78 is 35.8. The van der Waals surface area contributed by atoms with Crippen molar-refractivity contribution in [3.63, 3.8) is 0 Å². The number of piperidine rings is 1. The van der Waals surface area contributed by atoms with E-state index in [9.17, 15) is 13.6 Å². The average Bonchev–Trinajstić information content (AvgIpc) is 3.57. The molecule has 6 nitrogen and oxygen atoms in total. The van der Waals surface area contributed by atoms with Crippen LogP contribution in [-0.2, 0) is 5.92 Å². The molecule has 1 atom stereocenters. The Hall–Kier alpha value is -4.04. The van der Waals surface area contributed by atoms with Crippen LogP contribution in [0, 0.1) is 0 Å². The number of benzene rings is 2. The molecule has 2 saturated heterocycles. The lowest BCUT2D eigenvalue weighted by molar-refractivity contribution is 0.0488. The highest BCUT2D eigenvalue weighted by atomic mass is 19.3. The summed E-state index contributed by atoms with van der Waals surface area (Å²) in [7, 11) is 0. The third-order valence-electron chi connectivity index (χ3n) is 8.44. The Bertz CT molecular complexity index is 1440. The van der Waals surface area contributed by atoms with Gasteiger partial charge < -0.3 is 20.3 Å². The van der Waals surface area contributed by atoms with Crippen molar-refractivity contribution in [3.8, 4) is 16.9 Å². The summed E-state index contributed by atoms with van der Waals surface area (Å²) in [4.78, 5) is 22.0. The maximum Gasteiger partial charge on any atom is 0.292 e. The Labute approximate surface area is 246 Å². The fourth-order valence-corrected chi connectivity index (χ4v) is 6.07. The van der Waals surface area contributed by atoms with Crippen LogP contribution in [0.15, 0.2) is 74.0 Å². The van der Waals surface area contributed by atoms with E-state index < -0.39 is 12.0 Å². The first kappa shape index (κ1) is 29.5. The van der Waals surface area contributed by atoms with E-state index in [4.69, 9.17) is 10.5 Å². The Morgan fingerprint density at radius 3 is 2.40 bits per heavy atom. The SMILES string of the molecule is C=Cc1cccc(C(C)Oc2cc(-c3ccc(C(=O)N4CCC(N5CCCC5)CC4)cc3)cnc2N)c1C(F)(F)C=C. The van der Waals surface area contributed by atoms with E-state index in [1.807, 2.05) is 29.2 Å². The van der Waals surface area contributed by atoms with Gasteiger partial charge in [-0.3, -0.25) is 4.79 Å². The highest BCUT2D eigenvalue weighted by Gasteiger charge is 2.34. The Balaban J connectivity index is 1.30. The van der Waals surface area contributed by atoms with E-state index in [2.05, 4.69) is 23.0 Å². The van der Waals surface area contributed by atoms with Crippen molar-refractivity contribution in [2.24, 2.45) is 0 Å². The van der Waals surface area contributed by atoms with Gasteiger partial charge in [0.05, 0.1) is 0 Å². The highest BCUT2D eigenvalue weighted by Crippen LogP contribution is 2.39. The number of ether oxygens (including phenoxy) is 1. The molecule has 0 spiro atoms. The topological polar surface area (TPSA) is 71.7 Å². The van der Waals surface area contributed by atoms with E-state index in [1.165, 1.54) is 32.0 Å². The first-order valence-electron chi connectivity index (χ1n) is 14.5. The Morgan fingerprint density at radius 1 is 1.07 bits per heavy atom. The molecule has 1 amide bonds. The minimum atomic E-state index is -3.27. The number of aromatic nitrogens is 1. The van der Waals surface area contributed by atoms with Crippen LogP contribution < -0.4 is 10.5 Å². The maximum absolute atomic E-state index is 14.9. The molecular weight excluding hydrogens is 534 g/mol. The number of alkyl halides is 2. The van der Waals surface area contributed by atoms with Gasteiger partial charge in [-0.15, -0.1) is 0 Å². The van der Waals surface area contributed by atoms with Gasteiger partial charge in [0.15, 0.2) is 11.6 Å². The van der Waals surface area contributed by atoms with Gasteiger partial charge in [-0.1, -0.05) is 49.6 Å². The van der Waals surface area contributed by atoms with E-state index in [-0.39, 0.29) is 23.0 Å². The van der Waals surface area contributed by atoms with Gasteiger partial charge in [-0.25, -0.2) is 4.98 Å². The van der Waals surface area contributed by atoms with Crippen molar-refractivity contribution in [2.45, 2.75) is 50.7 Å². The molecule has 5 rings (SSSR count). The minimum Gasteiger partial charge on any atom is -0.482 e. The molecule has 0 bridgehead atoms. The van der Waals surface area contributed by atoms with Gasteiger partial charge in [0.2, 0.25) is 0 Å². The average molecular weight is 573 g/mol. The third-order valence-corrected chi connectivity index (χ3v) is 8.44. The van der Waals surface area contributed by atoms with Gasteiger partial charge in [0.25, 0.3) is 11.8 Å². The molecule has 0 radical (unpaired) electrons. The van der Waals surface area contributed by atoms with Gasteiger partial charge in [0.1, 0.15) is 6.10 Å². The normalized spacial score (nSPS) is 17.2. The third kappa shape index (κ3) is 6.09. The quantitative estimate of drug-likeness (QED) is 0.277. The van der Waals surface area contributed by atoms with Crippen LogP contribution in [0.25, 0.3) is 17.2 Å². The number of halogens is 2. The van der Waals surface area contributed by atoms with Crippen LogP contribution >= 0.6 is 0 Å².